The van der Waals surface area contributed by atoms with Crippen LogP contribution in [0, 0.1) is 11.7 Å². The van der Waals surface area contributed by atoms with E-state index in [0.717, 1.165) is 6.42 Å². The van der Waals surface area contributed by atoms with Crippen LogP contribution in [0.4, 0.5) is 36.6 Å². The second-order valence-corrected chi connectivity index (χ2v) is 8.92. The van der Waals surface area contributed by atoms with E-state index >= 15 is 0 Å². The molecular formula is C22H20F7N5O. The van der Waals surface area contributed by atoms with E-state index in [-0.39, 0.29) is 24.3 Å². The summed E-state index contributed by atoms with van der Waals surface area (Å²) in [5.74, 6) is -0.720. The third-order valence-corrected chi connectivity index (χ3v) is 6.69. The number of aromatic nitrogens is 3. The first kappa shape index (κ1) is 23.8. The number of hydrogen-bond donors (Lipinski definition) is 2. The molecule has 2 aromatic heterocycles. The van der Waals surface area contributed by atoms with Gasteiger partial charge in [-0.2, -0.15) is 36.0 Å². The highest BCUT2D eigenvalue weighted by Gasteiger charge is 2.46. The highest BCUT2D eigenvalue weighted by molar-refractivity contribution is 5.51. The van der Waals surface area contributed by atoms with E-state index in [2.05, 4.69) is 20.3 Å². The molecule has 1 aromatic carbocycles. The van der Waals surface area contributed by atoms with Gasteiger partial charge in [-0.05, 0) is 36.5 Å². The number of halogens is 7. The molecule has 188 valence electrons. The number of benzene rings is 1. The summed E-state index contributed by atoms with van der Waals surface area (Å²) in [6, 6.07) is 6.30. The predicted molar refractivity (Wildman–Crippen MR) is 110 cm³/mol. The maximum absolute atomic E-state index is 13.5. The van der Waals surface area contributed by atoms with E-state index in [9.17, 15) is 35.8 Å². The van der Waals surface area contributed by atoms with E-state index in [1.165, 1.54) is 12.1 Å². The Balaban J connectivity index is 1.50. The van der Waals surface area contributed by atoms with Crippen LogP contribution in [0.2, 0.25) is 0 Å². The molecule has 2 N–H and O–H groups in total. The average Bonchev–Trinajstić information content (AvgIpc) is 3.47. The molecular weight excluding hydrogens is 483 g/mol. The summed E-state index contributed by atoms with van der Waals surface area (Å²) in [6.45, 7) is 0.539. The molecule has 3 heterocycles. The minimum Gasteiger partial charge on any atom is -0.393 e. The van der Waals surface area contributed by atoms with Gasteiger partial charge in [0.1, 0.15) is 11.6 Å². The Kier molecular flexibility index (Phi) is 5.66. The lowest BCUT2D eigenvalue weighted by atomic mass is 10.00. The van der Waals surface area contributed by atoms with Gasteiger partial charge in [0.15, 0.2) is 17.0 Å². The van der Waals surface area contributed by atoms with Crippen molar-refractivity contribution in [3.8, 4) is 0 Å². The summed E-state index contributed by atoms with van der Waals surface area (Å²) in [5.41, 5.74) is -2.65. The van der Waals surface area contributed by atoms with Crippen LogP contribution in [0.3, 0.4) is 0 Å². The molecule has 1 saturated carbocycles. The summed E-state index contributed by atoms with van der Waals surface area (Å²) in [5, 5.41) is 16.4. The monoisotopic (exact) mass is 503 g/mol. The lowest BCUT2D eigenvalue weighted by molar-refractivity contribution is -0.142. The molecule has 5 rings (SSSR count). The largest absolute Gasteiger partial charge is 0.435 e. The number of nitrogens with zero attached hydrogens (tertiary/aromatic N) is 4. The molecule has 1 aliphatic heterocycles. The molecule has 2 aliphatic rings. The number of fused-ring (bicyclic) bond motifs is 3. The van der Waals surface area contributed by atoms with Gasteiger partial charge in [-0.15, -0.1) is 0 Å². The molecule has 1 aliphatic carbocycles. The topological polar surface area (TPSA) is 65.7 Å². The lowest BCUT2D eigenvalue weighted by Gasteiger charge is -2.37. The van der Waals surface area contributed by atoms with Crippen LogP contribution in [0.1, 0.15) is 35.8 Å². The van der Waals surface area contributed by atoms with Gasteiger partial charge in [0.2, 0.25) is 0 Å². The smallest absolute Gasteiger partial charge is 0.393 e. The van der Waals surface area contributed by atoms with Gasteiger partial charge >= 0.3 is 12.4 Å². The van der Waals surface area contributed by atoms with Gasteiger partial charge in [0, 0.05) is 31.3 Å². The fourth-order valence-corrected chi connectivity index (χ4v) is 5.04. The number of nitrogens with one attached hydrogen (secondary N) is 1. The number of alkyl halides is 6. The normalized spacial score (nSPS) is 23.8. The van der Waals surface area contributed by atoms with Crippen LogP contribution in [0.15, 0.2) is 36.4 Å². The van der Waals surface area contributed by atoms with Crippen LogP contribution in [0.5, 0.6) is 0 Å². The third-order valence-electron chi connectivity index (χ3n) is 6.69. The average molecular weight is 503 g/mol. The number of hydrogen-bond acceptors (Lipinski definition) is 5. The number of aliphatic hydroxyl groups is 1. The van der Waals surface area contributed by atoms with Crippen molar-refractivity contribution < 1.29 is 35.8 Å². The molecule has 6 nitrogen and oxygen atoms in total. The number of piperidine rings is 1. The SMILES string of the molecule is OC1C[C@@H]2C[C@H]1CN2[C@H](CNc1cc(C(F)(F)F)nc2cc(C(F)(F)F)nn12)c1ccc(F)cc1. The Labute approximate surface area is 194 Å². The molecule has 3 aromatic rings. The van der Waals surface area contributed by atoms with Crippen molar-refractivity contribution in [2.75, 3.05) is 18.4 Å². The number of rotatable bonds is 5. The number of likely N-dealkylation sites (tertiary alicyclic amines) is 1. The molecule has 13 heteroatoms. The third kappa shape index (κ3) is 4.54. The summed E-state index contributed by atoms with van der Waals surface area (Å²) in [4.78, 5) is 5.40. The number of anilines is 1. The molecule has 0 amide bonds. The lowest BCUT2D eigenvalue weighted by Crippen LogP contribution is -2.42. The van der Waals surface area contributed by atoms with Crippen molar-refractivity contribution in [1.29, 1.82) is 0 Å². The van der Waals surface area contributed by atoms with Crippen LogP contribution in [0.25, 0.3) is 5.65 Å². The van der Waals surface area contributed by atoms with Crippen LogP contribution < -0.4 is 5.32 Å². The van der Waals surface area contributed by atoms with Crippen molar-refractivity contribution in [2.45, 2.75) is 43.4 Å². The van der Waals surface area contributed by atoms with Crippen LogP contribution in [-0.4, -0.2) is 49.8 Å². The summed E-state index contributed by atoms with van der Waals surface area (Å²) in [6.07, 6.45) is -8.90. The molecule has 2 fully saturated rings. The van der Waals surface area contributed by atoms with Gasteiger partial charge in [0.25, 0.3) is 0 Å². The molecule has 0 radical (unpaired) electrons. The fourth-order valence-electron chi connectivity index (χ4n) is 5.04. The van der Waals surface area contributed by atoms with E-state index in [1.54, 1.807) is 12.1 Å². The van der Waals surface area contributed by atoms with Gasteiger partial charge < -0.3 is 10.4 Å². The first-order valence-corrected chi connectivity index (χ1v) is 10.9. The first-order chi connectivity index (χ1) is 16.4. The predicted octanol–water partition coefficient (Wildman–Crippen LogP) is 4.51. The maximum Gasteiger partial charge on any atom is 0.435 e. The summed E-state index contributed by atoms with van der Waals surface area (Å²) >= 11 is 0. The zero-order chi connectivity index (χ0) is 25.1. The second kappa shape index (κ2) is 8.33. The van der Waals surface area contributed by atoms with Crippen molar-refractivity contribution in [3.63, 3.8) is 0 Å². The highest BCUT2D eigenvalue weighted by atomic mass is 19.4. The fraction of sp³-hybridized carbons (Fsp3) is 0.455. The van der Waals surface area contributed by atoms with E-state index in [0.29, 0.717) is 35.2 Å². The number of aliphatic hydroxyl groups excluding tert-OH is 1. The van der Waals surface area contributed by atoms with Gasteiger partial charge in [0.05, 0.1) is 12.1 Å². The van der Waals surface area contributed by atoms with E-state index < -0.39 is 47.4 Å². The first-order valence-electron chi connectivity index (χ1n) is 10.9. The van der Waals surface area contributed by atoms with Crippen LogP contribution >= 0.6 is 0 Å². The van der Waals surface area contributed by atoms with E-state index in [4.69, 9.17) is 0 Å². The molecule has 1 saturated heterocycles. The molecule has 0 spiro atoms. The standard InChI is InChI=1S/C22H20F7N5O/c23-13-3-1-11(2-4-13)15(33-10-12-5-14(33)6-16(12)35)9-30-19-7-17(21(24,25)26)31-20-8-18(22(27,28)29)32-34(19)20/h1-4,7-8,12,14-16,30,35H,5-6,9-10H2/t12-,14-,15+,16?/m0/s1. The summed E-state index contributed by atoms with van der Waals surface area (Å²) < 4.78 is 94.0. The van der Waals surface area contributed by atoms with Gasteiger partial charge in [-0.1, -0.05) is 12.1 Å². The zero-order valence-electron chi connectivity index (χ0n) is 18.0. The molecule has 4 atom stereocenters. The quantitative estimate of drug-likeness (QED) is 0.502. The molecule has 2 bridgehead atoms. The van der Waals surface area contributed by atoms with Gasteiger partial charge in [-0.3, -0.25) is 4.90 Å². The summed E-state index contributed by atoms with van der Waals surface area (Å²) in [7, 11) is 0. The van der Waals surface area contributed by atoms with Crippen molar-refractivity contribution in [1.82, 2.24) is 19.5 Å². The highest BCUT2D eigenvalue weighted by Crippen LogP contribution is 2.42. The Morgan fingerprint density at radius 2 is 1.69 bits per heavy atom. The van der Waals surface area contributed by atoms with Crippen molar-refractivity contribution in [2.24, 2.45) is 5.92 Å². The minimum atomic E-state index is -4.89. The van der Waals surface area contributed by atoms with Gasteiger partial charge in [-0.25, -0.2) is 9.37 Å². The van der Waals surface area contributed by atoms with Crippen molar-refractivity contribution in [3.05, 3.63) is 59.2 Å². The molecule has 35 heavy (non-hydrogen) atoms. The van der Waals surface area contributed by atoms with Crippen LogP contribution in [-0.2, 0) is 12.4 Å². The Morgan fingerprint density at radius 1 is 1.00 bits per heavy atom. The Morgan fingerprint density at radius 3 is 2.26 bits per heavy atom. The van der Waals surface area contributed by atoms with Crippen molar-refractivity contribution >= 4 is 11.5 Å². The Bertz CT molecular complexity index is 1220. The molecule has 1 unspecified atom stereocenters. The van der Waals surface area contributed by atoms with E-state index in [1.807, 2.05) is 0 Å². The minimum absolute atomic E-state index is 0.00255. The Hall–Kier alpha value is -2.93. The second-order valence-electron chi connectivity index (χ2n) is 8.92. The zero-order valence-corrected chi connectivity index (χ0v) is 18.0. The maximum atomic E-state index is 13.5.